The highest BCUT2D eigenvalue weighted by molar-refractivity contribution is 5.00. The average molecular weight is 274 g/mol. The van der Waals surface area contributed by atoms with Gasteiger partial charge >= 0.3 is 0 Å². The molecule has 0 atom stereocenters. The summed E-state index contributed by atoms with van der Waals surface area (Å²) in [4.78, 5) is 0. The summed E-state index contributed by atoms with van der Waals surface area (Å²) in [6.45, 7) is 2.36. The zero-order chi connectivity index (χ0) is 14.7. The van der Waals surface area contributed by atoms with E-state index in [4.69, 9.17) is 5.11 Å². The molecule has 1 nitrogen and oxygen atoms in total. The van der Waals surface area contributed by atoms with Crippen molar-refractivity contribution in [3.05, 3.63) is 60.8 Å². The summed E-state index contributed by atoms with van der Waals surface area (Å²) < 4.78 is 0. The van der Waals surface area contributed by atoms with Crippen molar-refractivity contribution in [2.75, 3.05) is 6.61 Å². The molecule has 0 aromatic rings. The van der Waals surface area contributed by atoms with Crippen LogP contribution < -0.4 is 0 Å². The highest BCUT2D eigenvalue weighted by Crippen LogP contribution is 1.98. The van der Waals surface area contributed by atoms with Crippen molar-refractivity contribution < 1.29 is 5.11 Å². The molecule has 0 aromatic heterocycles. The summed E-state index contributed by atoms with van der Waals surface area (Å²) in [5, 5.41) is 8.63. The molecule has 0 rings (SSSR count). The van der Waals surface area contributed by atoms with Crippen molar-refractivity contribution >= 4 is 0 Å². The molecule has 0 aromatic carbocycles. The Hall–Kier alpha value is -1.34. The van der Waals surface area contributed by atoms with Crippen LogP contribution in [0.25, 0.3) is 0 Å². The summed E-state index contributed by atoms with van der Waals surface area (Å²) in [5.74, 6) is 0. The molecule has 0 spiro atoms. The second kappa shape index (κ2) is 17.7. The van der Waals surface area contributed by atoms with E-state index in [2.05, 4.69) is 60.8 Å². The van der Waals surface area contributed by atoms with Gasteiger partial charge in [0.15, 0.2) is 0 Å². The Labute approximate surface area is 125 Å². The first-order chi connectivity index (χ1) is 9.91. The standard InChI is InChI=1S/C19H30O/c1-2-3-4-5-6-7-8-9-10-11-12-13-14-15-16-17-18-19-20/h2-3,5-6,8-9,11-12,14-15,20H,4,7,10,13,16-19H2,1H3. The van der Waals surface area contributed by atoms with Crippen LogP contribution in [0, 0.1) is 0 Å². The molecule has 112 valence electrons. The van der Waals surface area contributed by atoms with Gasteiger partial charge in [0.25, 0.3) is 0 Å². The first-order valence-corrected chi connectivity index (χ1v) is 7.73. The summed E-state index contributed by atoms with van der Waals surface area (Å²) in [6.07, 6.45) is 29.0. The number of aliphatic hydroxyl groups excluding tert-OH is 1. The second-order valence-electron chi connectivity index (χ2n) is 4.62. The van der Waals surface area contributed by atoms with Gasteiger partial charge < -0.3 is 5.11 Å². The lowest BCUT2D eigenvalue weighted by atomic mass is 10.2. The molecule has 0 saturated carbocycles. The third-order valence-electron chi connectivity index (χ3n) is 2.77. The third-order valence-corrected chi connectivity index (χ3v) is 2.77. The van der Waals surface area contributed by atoms with Gasteiger partial charge in [-0.1, -0.05) is 60.8 Å². The fourth-order valence-corrected chi connectivity index (χ4v) is 1.62. The lowest BCUT2D eigenvalue weighted by molar-refractivity contribution is 0.285. The summed E-state index contributed by atoms with van der Waals surface area (Å²) in [7, 11) is 0. The predicted molar refractivity (Wildman–Crippen MR) is 90.8 cm³/mol. The van der Waals surface area contributed by atoms with E-state index in [1.807, 2.05) is 6.92 Å². The molecule has 0 unspecified atom stereocenters. The Morgan fingerprint density at radius 2 is 1.05 bits per heavy atom. The van der Waals surface area contributed by atoms with E-state index >= 15 is 0 Å². The van der Waals surface area contributed by atoms with Gasteiger partial charge in [0.2, 0.25) is 0 Å². The Balaban J connectivity index is 3.40. The lowest BCUT2D eigenvalue weighted by Gasteiger charge is -1.90. The minimum atomic E-state index is 0.310. The quantitative estimate of drug-likeness (QED) is 0.367. The lowest BCUT2D eigenvalue weighted by Crippen LogP contribution is -1.79. The smallest absolute Gasteiger partial charge is 0.0431 e. The Bertz CT molecular complexity index is 319. The van der Waals surface area contributed by atoms with Gasteiger partial charge in [0.1, 0.15) is 0 Å². The van der Waals surface area contributed by atoms with E-state index in [0.717, 1.165) is 44.9 Å². The van der Waals surface area contributed by atoms with Gasteiger partial charge in [0, 0.05) is 6.61 Å². The molecule has 0 aliphatic carbocycles. The van der Waals surface area contributed by atoms with E-state index in [-0.39, 0.29) is 0 Å². The van der Waals surface area contributed by atoms with E-state index < -0.39 is 0 Å². The maximum absolute atomic E-state index is 8.63. The second-order valence-corrected chi connectivity index (χ2v) is 4.62. The van der Waals surface area contributed by atoms with Crippen molar-refractivity contribution in [3.8, 4) is 0 Å². The molecular weight excluding hydrogens is 244 g/mol. The van der Waals surface area contributed by atoms with Gasteiger partial charge in [-0.15, -0.1) is 0 Å². The number of aliphatic hydroxyl groups is 1. The molecule has 0 aliphatic rings. The molecule has 0 aliphatic heterocycles. The fraction of sp³-hybridized carbons (Fsp3) is 0.474. The van der Waals surface area contributed by atoms with Gasteiger partial charge in [0.05, 0.1) is 0 Å². The topological polar surface area (TPSA) is 20.2 Å². The molecule has 0 radical (unpaired) electrons. The van der Waals surface area contributed by atoms with Crippen LogP contribution in [0.5, 0.6) is 0 Å². The van der Waals surface area contributed by atoms with Gasteiger partial charge in [-0.25, -0.2) is 0 Å². The maximum Gasteiger partial charge on any atom is 0.0431 e. The first-order valence-electron chi connectivity index (χ1n) is 7.73. The Morgan fingerprint density at radius 1 is 0.600 bits per heavy atom. The summed E-state index contributed by atoms with van der Waals surface area (Å²) in [5.41, 5.74) is 0. The number of hydrogen-bond acceptors (Lipinski definition) is 1. The molecule has 20 heavy (non-hydrogen) atoms. The van der Waals surface area contributed by atoms with Gasteiger partial charge in [-0.3, -0.25) is 0 Å². The summed E-state index contributed by atoms with van der Waals surface area (Å²) >= 11 is 0. The van der Waals surface area contributed by atoms with Crippen LogP contribution in [0.2, 0.25) is 0 Å². The van der Waals surface area contributed by atoms with E-state index in [1.165, 1.54) is 0 Å². The SMILES string of the molecule is CC=CCC=CCC=CCC=CCC=CCCCCO. The summed E-state index contributed by atoms with van der Waals surface area (Å²) in [6, 6.07) is 0. The molecule has 1 heteroatoms. The van der Waals surface area contributed by atoms with E-state index in [1.54, 1.807) is 0 Å². The van der Waals surface area contributed by atoms with Crippen molar-refractivity contribution in [1.82, 2.24) is 0 Å². The van der Waals surface area contributed by atoms with Crippen molar-refractivity contribution in [1.29, 1.82) is 0 Å². The Morgan fingerprint density at radius 3 is 1.50 bits per heavy atom. The van der Waals surface area contributed by atoms with Crippen LogP contribution >= 0.6 is 0 Å². The largest absolute Gasteiger partial charge is 0.396 e. The molecule has 0 bridgehead atoms. The van der Waals surface area contributed by atoms with Crippen LogP contribution in [0.3, 0.4) is 0 Å². The number of rotatable bonds is 12. The zero-order valence-electron chi connectivity index (χ0n) is 12.9. The van der Waals surface area contributed by atoms with E-state index in [9.17, 15) is 0 Å². The fourth-order valence-electron chi connectivity index (χ4n) is 1.62. The van der Waals surface area contributed by atoms with Crippen LogP contribution in [0.4, 0.5) is 0 Å². The van der Waals surface area contributed by atoms with Crippen molar-refractivity contribution in [3.63, 3.8) is 0 Å². The van der Waals surface area contributed by atoms with Crippen LogP contribution in [0.1, 0.15) is 51.9 Å². The van der Waals surface area contributed by atoms with Crippen LogP contribution in [-0.4, -0.2) is 11.7 Å². The van der Waals surface area contributed by atoms with Crippen LogP contribution in [0.15, 0.2) is 60.8 Å². The predicted octanol–water partition coefficient (Wildman–Crippen LogP) is 5.51. The molecule has 0 amide bonds. The molecular formula is C19H30O. The third kappa shape index (κ3) is 16.7. The normalized spacial score (nSPS) is 13.1. The monoisotopic (exact) mass is 274 g/mol. The number of hydrogen-bond donors (Lipinski definition) is 1. The number of allylic oxidation sites excluding steroid dienone is 10. The van der Waals surface area contributed by atoms with Crippen molar-refractivity contribution in [2.45, 2.75) is 51.9 Å². The highest BCUT2D eigenvalue weighted by Gasteiger charge is 1.81. The minimum Gasteiger partial charge on any atom is -0.396 e. The number of unbranched alkanes of at least 4 members (excludes halogenated alkanes) is 2. The maximum atomic E-state index is 8.63. The van der Waals surface area contributed by atoms with Gasteiger partial charge in [-0.05, 0) is 51.9 Å². The Kier molecular flexibility index (Phi) is 16.5. The van der Waals surface area contributed by atoms with Crippen molar-refractivity contribution in [2.24, 2.45) is 0 Å². The molecule has 0 saturated heterocycles. The van der Waals surface area contributed by atoms with E-state index in [0.29, 0.717) is 6.61 Å². The zero-order valence-corrected chi connectivity index (χ0v) is 12.9. The molecule has 0 fully saturated rings. The highest BCUT2D eigenvalue weighted by atomic mass is 16.2. The van der Waals surface area contributed by atoms with Crippen LogP contribution in [-0.2, 0) is 0 Å². The molecule has 0 heterocycles. The van der Waals surface area contributed by atoms with Gasteiger partial charge in [-0.2, -0.15) is 0 Å². The first kappa shape index (κ1) is 18.7. The minimum absolute atomic E-state index is 0.310. The average Bonchev–Trinajstić information content (AvgIpc) is 2.47. The molecule has 1 N–H and O–H groups in total.